The van der Waals surface area contributed by atoms with Gasteiger partial charge >= 0.3 is 0 Å². The third kappa shape index (κ3) is 2.91. The summed E-state index contributed by atoms with van der Waals surface area (Å²) in [6.45, 7) is 1.85. The van der Waals surface area contributed by atoms with Gasteiger partial charge in [0.2, 0.25) is 0 Å². The van der Waals surface area contributed by atoms with Crippen LogP contribution in [0, 0.1) is 12.7 Å². The first-order valence-corrected chi connectivity index (χ1v) is 5.36. The third-order valence-electron chi connectivity index (χ3n) is 2.43. The predicted octanol–water partition coefficient (Wildman–Crippen LogP) is 3.58. The molecule has 0 aliphatic heterocycles. The molecule has 0 atom stereocenters. The third-order valence-corrected chi connectivity index (χ3v) is 2.43. The first-order chi connectivity index (χ1) is 8.27. The maximum Gasteiger partial charge on any atom is 0.132 e. The molecule has 2 aromatic rings. The summed E-state index contributed by atoms with van der Waals surface area (Å²) in [4.78, 5) is 0. The van der Waals surface area contributed by atoms with Gasteiger partial charge in [-0.05, 0) is 30.7 Å². The standard InChI is InChI=1S/C14H13FN2/c1-11-6-5-9-14(15)13(11)10-16-17-12-7-3-2-4-8-12/h2-10,17H,1H3. The zero-order valence-corrected chi connectivity index (χ0v) is 9.52. The van der Waals surface area contributed by atoms with E-state index in [0.717, 1.165) is 11.3 Å². The molecular weight excluding hydrogens is 215 g/mol. The molecule has 2 aromatic carbocycles. The lowest BCUT2D eigenvalue weighted by atomic mass is 10.1. The van der Waals surface area contributed by atoms with Crippen molar-refractivity contribution in [2.45, 2.75) is 6.92 Å². The molecule has 2 nitrogen and oxygen atoms in total. The van der Waals surface area contributed by atoms with Gasteiger partial charge < -0.3 is 0 Å². The molecule has 0 radical (unpaired) electrons. The van der Waals surface area contributed by atoms with Gasteiger partial charge in [0.25, 0.3) is 0 Å². The highest BCUT2D eigenvalue weighted by atomic mass is 19.1. The van der Waals surface area contributed by atoms with Crippen molar-refractivity contribution in [2.75, 3.05) is 5.43 Å². The summed E-state index contributed by atoms with van der Waals surface area (Å²) in [7, 11) is 0. The minimum absolute atomic E-state index is 0.261. The monoisotopic (exact) mass is 228 g/mol. The molecule has 0 fully saturated rings. The van der Waals surface area contributed by atoms with E-state index < -0.39 is 0 Å². The molecule has 0 amide bonds. The van der Waals surface area contributed by atoms with Crippen LogP contribution in [-0.2, 0) is 0 Å². The Hall–Kier alpha value is -2.16. The Balaban J connectivity index is 2.11. The fourth-order valence-electron chi connectivity index (χ4n) is 1.49. The molecule has 0 aliphatic rings. The second-order valence-electron chi connectivity index (χ2n) is 3.71. The topological polar surface area (TPSA) is 24.4 Å². The van der Waals surface area contributed by atoms with Crippen molar-refractivity contribution < 1.29 is 4.39 Å². The first-order valence-electron chi connectivity index (χ1n) is 5.36. The molecule has 86 valence electrons. The number of anilines is 1. The van der Waals surface area contributed by atoms with E-state index in [1.165, 1.54) is 12.3 Å². The summed E-state index contributed by atoms with van der Waals surface area (Å²) in [5, 5.41) is 4.02. The SMILES string of the molecule is Cc1cccc(F)c1C=NNc1ccccc1. The molecule has 0 aromatic heterocycles. The molecule has 3 heteroatoms. The second-order valence-corrected chi connectivity index (χ2v) is 3.71. The maximum absolute atomic E-state index is 13.5. The number of rotatable bonds is 3. The van der Waals surface area contributed by atoms with Gasteiger partial charge in [-0.2, -0.15) is 5.10 Å². The van der Waals surface area contributed by atoms with Crippen molar-refractivity contribution in [1.82, 2.24) is 0 Å². The Morgan fingerprint density at radius 1 is 1.06 bits per heavy atom. The van der Waals surface area contributed by atoms with Crippen molar-refractivity contribution >= 4 is 11.9 Å². The summed E-state index contributed by atoms with van der Waals surface area (Å²) >= 11 is 0. The molecule has 0 saturated carbocycles. The van der Waals surface area contributed by atoms with Gasteiger partial charge in [-0.3, -0.25) is 5.43 Å². The van der Waals surface area contributed by atoms with Crippen LogP contribution in [0.25, 0.3) is 0 Å². The van der Waals surface area contributed by atoms with Gasteiger partial charge in [0.05, 0.1) is 11.9 Å². The van der Waals surface area contributed by atoms with Crippen molar-refractivity contribution in [3.05, 3.63) is 65.5 Å². The van der Waals surface area contributed by atoms with Crippen LogP contribution in [0.15, 0.2) is 53.6 Å². The van der Waals surface area contributed by atoms with E-state index in [1.807, 2.05) is 43.3 Å². The normalized spacial score (nSPS) is 10.7. The molecule has 1 N–H and O–H groups in total. The van der Waals surface area contributed by atoms with Gasteiger partial charge in [-0.25, -0.2) is 4.39 Å². The number of nitrogens with one attached hydrogen (secondary N) is 1. The maximum atomic E-state index is 13.5. The van der Waals surface area contributed by atoms with Crippen molar-refractivity contribution in [2.24, 2.45) is 5.10 Å². The fourth-order valence-corrected chi connectivity index (χ4v) is 1.49. The Bertz CT molecular complexity index is 501. The number of nitrogens with zero attached hydrogens (tertiary/aromatic N) is 1. The average Bonchev–Trinajstić information content (AvgIpc) is 2.34. The van der Waals surface area contributed by atoms with E-state index in [1.54, 1.807) is 6.07 Å². The molecular formula is C14H13FN2. The molecule has 0 saturated heterocycles. The number of aryl methyl sites for hydroxylation is 1. The highest BCUT2D eigenvalue weighted by Gasteiger charge is 2.01. The summed E-state index contributed by atoms with van der Waals surface area (Å²) < 4.78 is 13.5. The van der Waals surface area contributed by atoms with Gasteiger partial charge in [-0.15, -0.1) is 0 Å². The van der Waals surface area contributed by atoms with E-state index in [2.05, 4.69) is 10.5 Å². The van der Waals surface area contributed by atoms with Crippen LogP contribution < -0.4 is 5.43 Å². The molecule has 17 heavy (non-hydrogen) atoms. The smallest absolute Gasteiger partial charge is 0.132 e. The molecule has 2 rings (SSSR count). The second kappa shape index (κ2) is 5.25. The number of halogens is 1. The highest BCUT2D eigenvalue weighted by Crippen LogP contribution is 2.10. The van der Waals surface area contributed by atoms with Crippen molar-refractivity contribution in [1.29, 1.82) is 0 Å². The number of hydrazone groups is 1. The molecule has 0 aliphatic carbocycles. The fraction of sp³-hybridized carbons (Fsp3) is 0.0714. The van der Waals surface area contributed by atoms with E-state index in [9.17, 15) is 4.39 Å². The first kappa shape index (κ1) is 11.3. The van der Waals surface area contributed by atoms with Gasteiger partial charge in [-0.1, -0.05) is 30.3 Å². The number of para-hydroxylation sites is 1. The minimum Gasteiger partial charge on any atom is -0.279 e. The summed E-state index contributed by atoms with van der Waals surface area (Å²) in [5.74, 6) is -0.261. The Labute approximate surface area is 99.8 Å². The van der Waals surface area contributed by atoms with Crippen LogP contribution in [0.1, 0.15) is 11.1 Å². The molecule has 0 spiro atoms. The lowest BCUT2D eigenvalue weighted by Crippen LogP contribution is -1.95. The average molecular weight is 228 g/mol. The zero-order chi connectivity index (χ0) is 12.1. The molecule has 0 bridgehead atoms. The lowest BCUT2D eigenvalue weighted by Gasteiger charge is -2.02. The van der Waals surface area contributed by atoms with Crippen LogP contribution in [0.2, 0.25) is 0 Å². The Morgan fingerprint density at radius 2 is 1.82 bits per heavy atom. The number of hydrogen-bond donors (Lipinski definition) is 1. The van der Waals surface area contributed by atoms with E-state index in [-0.39, 0.29) is 5.82 Å². The predicted molar refractivity (Wildman–Crippen MR) is 68.8 cm³/mol. The Morgan fingerprint density at radius 3 is 2.53 bits per heavy atom. The largest absolute Gasteiger partial charge is 0.279 e. The summed E-state index contributed by atoms with van der Waals surface area (Å²) in [6.07, 6.45) is 1.50. The van der Waals surface area contributed by atoms with E-state index >= 15 is 0 Å². The van der Waals surface area contributed by atoms with Gasteiger partial charge in [0.1, 0.15) is 5.82 Å². The summed E-state index contributed by atoms with van der Waals surface area (Å²) in [5.41, 5.74) is 5.10. The van der Waals surface area contributed by atoms with Crippen molar-refractivity contribution in [3.63, 3.8) is 0 Å². The van der Waals surface area contributed by atoms with E-state index in [0.29, 0.717) is 5.56 Å². The van der Waals surface area contributed by atoms with E-state index in [4.69, 9.17) is 0 Å². The minimum atomic E-state index is -0.261. The quantitative estimate of drug-likeness (QED) is 0.630. The van der Waals surface area contributed by atoms with Crippen molar-refractivity contribution in [3.8, 4) is 0 Å². The highest BCUT2D eigenvalue weighted by molar-refractivity contribution is 5.82. The van der Waals surface area contributed by atoms with Crippen LogP contribution in [0.4, 0.5) is 10.1 Å². The molecule has 0 unspecified atom stereocenters. The van der Waals surface area contributed by atoms with Crippen LogP contribution >= 0.6 is 0 Å². The zero-order valence-electron chi connectivity index (χ0n) is 9.52. The van der Waals surface area contributed by atoms with Gasteiger partial charge in [0.15, 0.2) is 0 Å². The number of hydrogen-bond acceptors (Lipinski definition) is 2. The van der Waals surface area contributed by atoms with Crippen LogP contribution in [0.5, 0.6) is 0 Å². The van der Waals surface area contributed by atoms with Gasteiger partial charge in [0, 0.05) is 5.56 Å². The lowest BCUT2D eigenvalue weighted by molar-refractivity contribution is 0.624. The van der Waals surface area contributed by atoms with Crippen LogP contribution in [0.3, 0.4) is 0 Å². The van der Waals surface area contributed by atoms with Crippen LogP contribution in [-0.4, -0.2) is 6.21 Å². The Kier molecular flexibility index (Phi) is 3.50. The molecule has 0 heterocycles. The summed E-state index contributed by atoms with van der Waals surface area (Å²) in [6, 6.07) is 14.5. The number of benzene rings is 2.